The van der Waals surface area contributed by atoms with E-state index in [1.165, 1.54) is 17.8 Å². The van der Waals surface area contributed by atoms with Crippen LogP contribution in [0.1, 0.15) is 29.1 Å². The van der Waals surface area contributed by atoms with Crippen LogP contribution in [0.4, 0.5) is 5.69 Å². The first-order valence-electron chi connectivity index (χ1n) is 9.08. The highest BCUT2D eigenvalue weighted by atomic mass is 79.9. The summed E-state index contributed by atoms with van der Waals surface area (Å²) in [4.78, 5) is 24.7. The minimum Gasteiger partial charge on any atom is -0.342 e. The molecule has 3 aromatic rings. The smallest absolute Gasteiger partial charge is 0.251 e. The predicted octanol–water partition coefficient (Wildman–Crippen LogP) is 5.11. The second-order valence-electron chi connectivity index (χ2n) is 6.57. The molecular weight excluding hydrogens is 525 g/mol. The van der Waals surface area contributed by atoms with Crippen molar-refractivity contribution in [2.45, 2.75) is 18.1 Å². The molecule has 1 atom stereocenters. The van der Waals surface area contributed by atoms with E-state index in [9.17, 15) is 9.59 Å². The summed E-state index contributed by atoms with van der Waals surface area (Å²) in [6.07, 6.45) is 0. The monoisotopic (exact) mass is 541 g/mol. The topological polar surface area (TPSA) is 88.9 Å². The van der Waals surface area contributed by atoms with Gasteiger partial charge in [-0.1, -0.05) is 57.0 Å². The molecule has 31 heavy (non-hydrogen) atoms. The molecule has 2 amide bonds. The van der Waals surface area contributed by atoms with Crippen LogP contribution < -0.4 is 10.6 Å². The molecule has 0 fully saturated rings. The summed E-state index contributed by atoms with van der Waals surface area (Å²) in [5.41, 5.74) is 1.10. The van der Waals surface area contributed by atoms with Gasteiger partial charge in [0.15, 0.2) is 11.0 Å². The third-order valence-electron chi connectivity index (χ3n) is 4.23. The Labute approximate surface area is 202 Å². The molecule has 7 nitrogen and oxygen atoms in total. The summed E-state index contributed by atoms with van der Waals surface area (Å²) in [5, 5.41) is 15.2. The first kappa shape index (κ1) is 23.6. The molecule has 0 bridgehead atoms. The van der Waals surface area contributed by atoms with E-state index in [-0.39, 0.29) is 17.6 Å². The Morgan fingerprint density at radius 1 is 1.16 bits per heavy atom. The Balaban J connectivity index is 1.59. The number of thioether (sulfide) groups is 1. The molecule has 1 heterocycles. The van der Waals surface area contributed by atoms with Crippen molar-refractivity contribution in [3.8, 4) is 0 Å². The van der Waals surface area contributed by atoms with E-state index in [0.717, 1.165) is 4.47 Å². The summed E-state index contributed by atoms with van der Waals surface area (Å²) >= 11 is 16.5. The first-order valence-corrected chi connectivity index (χ1v) is 11.6. The number of carbonyl (C=O) groups excluding carboxylic acids is 2. The van der Waals surface area contributed by atoms with Gasteiger partial charge in [-0.3, -0.25) is 9.59 Å². The Hall–Kier alpha value is -2.07. The number of rotatable bonds is 7. The molecule has 11 heteroatoms. The van der Waals surface area contributed by atoms with E-state index in [1.807, 2.05) is 24.3 Å². The van der Waals surface area contributed by atoms with Gasteiger partial charge in [-0.15, -0.1) is 10.2 Å². The molecule has 1 aromatic heterocycles. The number of carbonyl (C=O) groups is 2. The lowest BCUT2D eigenvalue weighted by atomic mass is 10.2. The van der Waals surface area contributed by atoms with Gasteiger partial charge in [0.05, 0.1) is 21.8 Å². The molecule has 2 N–H and O–H groups in total. The average Bonchev–Trinajstić information content (AvgIpc) is 3.09. The van der Waals surface area contributed by atoms with Gasteiger partial charge >= 0.3 is 0 Å². The Morgan fingerprint density at radius 2 is 1.94 bits per heavy atom. The lowest BCUT2D eigenvalue weighted by molar-refractivity contribution is -0.113. The molecule has 0 saturated carbocycles. The van der Waals surface area contributed by atoms with Gasteiger partial charge in [0, 0.05) is 22.8 Å². The largest absolute Gasteiger partial charge is 0.342 e. The fourth-order valence-corrected chi connectivity index (χ4v) is 4.12. The molecule has 3 rings (SSSR count). The van der Waals surface area contributed by atoms with Crippen molar-refractivity contribution >= 4 is 68.4 Å². The summed E-state index contributed by atoms with van der Waals surface area (Å²) in [6, 6.07) is 11.6. The van der Waals surface area contributed by atoms with Gasteiger partial charge in [0.1, 0.15) is 0 Å². The lowest BCUT2D eigenvalue weighted by Crippen LogP contribution is -2.28. The van der Waals surface area contributed by atoms with Crippen LogP contribution in [-0.4, -0.2) is 32.3 Å². The maximum absolute atomic E-state index is 12.5. The molecule has 0 spiro atoms. The number of aromatic nitrogens is 3. The zero-order chi connectivity index (χ0) is 22.5. The van der Waals surface area contributed by atoms with Crippen molar-refractivity contribution in [3.05, 3.63) is 68.4 Å². The van der Waals surface area contributed by atoms with Crippen molar-refractivity contribution in [1.82, 2.24) is 20.1 Å². The van der Waals surface area contributed by atoms with Crippen LogP contribution in [0.2, 0.25) is 10.0 Å². The van der Waals surface area contributed by atoms with Crippen LogP contribution in [0.3, 0.4) is 0 Å². The summed E-state index contributed by atoms with van der Waals surface area (Å²) in [6.45, 7) is 1.80. The van der Waals surface area contributed by atoms with Crippen LogP contribution in [0, 0.1) is 0 Å². The molecule has 0 radical (unpaired) electrons. The first-order chi connectivity index (χ1) is 14.7. The Bertz CT molecular complexity index is 1120. The zero-order valence-corrected chi connectivity index (χ0v) is 20.4. The van der Waals surface area contributed by atoms with Gasteiger partial charge in [0.25, 0.3) is 5.91 Å². The molecular formula is C20H18BrCl2N5O2S. The molecule has 0 aliphatic carbocycles. The van der Waals surface area contributed by atoms with Crippen molar-refractivity contribution < 1.29 is 9.59 Å². The number of hydrogen-bond acceptors (Lipinski definition) is 5. The normalized spacial score (nSPS) is 11.8. The SMILES string of the molecule is C[C@@H](NC(=O)c1ccc(Cl)c(Cl)c1)c1nnc(SCC(=O)Nc2cccc(Br)c2)n1C. The van der Waals surface area contributed by atoms with Crippen LogP contribution >= 0.6 is 50.9 Å². The quantitative estimate of drug-likeness (QED) is 0.405. The van der Waals surface area contributed by atoms with E-state index >= 15 is 0 Å². The van der Waals surface area contributed by atoms with Crippen molar-refractivity contribution in [2.75, 3.05) is 11.1 Å². The highest BCUT2D eigenvalue weighted by molar-refractivity contribution is 9.10. The van der Waals surface area contributed by atoms with E-state index < -0.39 is 6.04 Å². The van der Waals surface area contributed by atoms with E-state index in [0.29, 0.717) is 32.3 Å². The minimum atomic E-state index is -0.413. The van der Waals surface area contributed by atoms with Gasteiger partial charge in [0.2, 0.25) is 5.91 Å². The highest BCUT2D eigenvalue weighted by Crippen LogP contribution is 2.24. The fourth-order valence-electron chi connectivity index (χ4n) is 2.70. The third-order valence-corrected chi connectivity index (χ3v) is 6.48. The summed E-state index contributed by atoms with van der Waals surface area (Å²) in [5.74, 6) is 0.260. The standard InChI is InChI=1S/C20H18BrCl2N5O2S/c1-11(24-19(30)12-6-7-15(22)16(23)8-12)18-26-27-20(28(18)2)31-10-17(29)25-14-5-3-4-13(21)9-14/h3-9,11H,10H2,1-2H3,(H,24,30)(H,25,29)/t11-/m1/s1. The second-order valence-corrected chi connectivity index (χ2v) is 9.24. The van der Waals surface area contributed by atoms with Gasteiger partial charge in [-0.25, -0.2) is 0 Å². The molecule has 0 saturated heterocycles. The number of nitrogens with zero attached hydrogens (tertiary/aromatic N) is 3. The van der Waals surface area contributed by atoms with Crippen LogP contribution in [0.25, 0.3) is 0 Å². The molecule has 0 aliphatic rings. The number of amides is 2. The molecule has 0 unspecified atom stereocenters. The summed E-state index contributed by atoms with van der Waals surface area (Å²) in [7, 11) is 1.78. The molecule has 2 aromatic carbocycles. The van der Waals surface area contributed by atoms with Crippen molar-refractivity contribution in [2.24, 2.45) is 7.05 Å². The maximum Gasteiger partial charge on any atom is 0.251 e. The van der Waals surface area contributed by atoms with Crippen molar-refractivity contribution in [1.29, 1.82) is 0 Å². The van der Waals surface area contributed by atoms with Gasteiger partial charge in [-0.2, -0.15) is 0 Å². The van der Waals surface area contributed by atoms with Gasteiger partial charge in [-0.05, 0) is 43.3 Å². The van der Waals surface area contributed by atoms with Gasteiger partial charge < -0.3 is 15.2 Å². The summed E-state index contributed by atoms with van der Waals surface area (Å²) < 4.78 is 2.63. The Kier molecular flexibility index (Phi) is 7.99. The number of nitrogens with one attached hydrogen (secondary N) is 2. The lowest BCUT2D eigenvalue weighted by Gasteiger charge is -2.14. The predicted molar refractivity (Wildman–Crippen MR) is 127 cm³/mol. The average molecular weight is 543 g/mol. The number of hydrogen-bond donors (Lipinski definition) is 2. The molecule has 162 valence electrons. The van der Waals surface area contributed by atoms with Crippen LogP contribution in [-0.2, 0) is 11.8 Å². The van der Waals surface area contributed by atoms with Crippen molar-refractivity contribution in [3.63, 3.8) is 0 Å². The van der Waals surface area contributed by atoms with E-state index in [1.54, 1.807) is 30.7 Å². The maximum atomic E-state index is 12.5. The third kappa shape index (κ3) is 6.22. The van der Waals surface area contributed by atoms with E-state index in [2.05, 4.69) is 36.8 Å². The zero-order valence-electron chi connectivity index (χ0n) is 16.5. The number of benzene rings is 2. The van der Waals surface area contributed by atoms with Crippen LogP contribution in [0.15, 0.2) is 52.1 Å². The fraction of sp³-hybridized carbons (Fsp3) is 0.200. The minimum absolute atomic E-state index is 0.159. The number of anilines is 1. The highest BCUT2D eigenvalue weighted by Gasteiger charge is 2.19. The molecule has 0 aliphatic heterocycles. The Morgan fingerprint density at radius 3 is 2.65 bits per heavy atom. The number of halogens is 3. The van der Waals surface area contributed by atoms with Crippen LogP contribution in [0.5, 0.6) is 0 Å². The van der Waals surface area contributed by atoms with E-state index in [4.69, 9.17) is 23.2 Å². The second kappa shape index (κ2) is 10.5.